The summed E-state index contributed by atoms with van der Waals surface area (Å²) in [6, 6.07) is 0. The van der Waals surface area contributed by atoms with E-state index in [1.165, 1.54) is 37.7 Å². The van der Waals surface area contributed by atoms with Gasteiger partial charge in [-0.3, -0.25) is 0 Å². The second kappa shape index (κ2) is 7.98. The maximum atomic E-state index is 11.9. The highest BCUT2D eigenvalue weighted by molar-refractivity contribution is 5.40. The van der Waals surface area contributed by atoms with Gasteiger partial charge in [0.1, 0.15) is 0 Å². The van der Waals surface area contributed by atoms with E-state index in [9.17, 15) is 10.2 Å². The first kappa shape index (κ1) is 24.5. The van der Waals surface area contributed by atoms with Crippen molar-refractivity contribution in [3.63, 3.8) is 0 Å². The van der Waals surface area contributed by atoms with E-state index in [0.29, 0.717) is 17.8 Å². The van der Waals surface area contributed by atoms with Gasteiger partial charge in [0.15, 0.2) is 0 Å². The van der Waals surface area contributed by atoms with Crippen LogP contribution in [0.4, 0.5) is 0 Å². The Morgan fingerprint density at radius 3 is 2.31 bits per heavy atom. The molecule has 0 spiro atoms. The number of aliphatic hydroxyl groups is 2. The molecule has 4 aliphatic rings. The maximum absolute atomic E-state index is 11.9. The summed E-state index contributed by atoms with van der Waals surface area (Å²) < 4.78 is 0. The molecule has 0 radical (unpaired) electrons. The van der Waals surface area contributed by atoms with Crippen LogP contribution < -0.4 is 0 Å². The van der Waals surface area contributed by atoms with E-state index < -0.39 is 0 Å². The molecule has 8 atom stereocenters. The smallest absolute Gasteiger partial charge is 0.0642 e. The molecule has 2 fully saturated rings. The van der Waals surface area contributed by atoms with Crippen LogP contribution >= 0.6 is 0 Å². The van der Waals surface area contributed by atoms with Gasteiger partial charge in [-0.15, -0.1) is 0 Å². The zero-order valence-electron chi connectivity index (χ0n) is 22.2. The van der Waals surface area contributed by atoms with Gasteiger partial charge < -0.3 is 10.2 Å². The molecule has 0 aliphatic heterocycles. The van der Waals surface area contributed by atoms with Crippen molar-refractivity contribution < 1.29 is 10.2 Å². The van der Waals surface area contributed by atoms with Gasteiger partial charge in [-0.05, 0) is 106 Å². The van der Waals surface area contributed by atoms with Gasteiger partial charge >= 0.3 is 0 Å². The molecule has 2 N–H and O–H groups in total. The summed E-state index contributed by atoms with van der Waals surface area (Å²) in [5.74, 6) is 1.75. The third-order valence-corrected chi connectivity index (χ3v) is 11.7. The minimum Gasteiger partial charge on any atom is -0.393 e. The Morgan fingerprint density at radius 1 is 0.969 bits per heavy atom. The van der Waals surface area contributed by atoms with Crippen molar-refractivity contribution in [2.75, 3.05) is 0 Å². The first-order valence-corrected chi connectivity index (χ1v) is 13.5. The largest absolute Gasteiger partial charge is 0.393 e. The first-order chi connectivity index (χ1) is 14.8. The predicted octanol–water partition coefficient (Wildman–Crippen LogP) is 7.45. The Labute approximate surface area is 198 Å². The molecule has 2 saturated carbocycles. The normalized spacial score (nSPS) is 46.2. The molecule has 8 unspecified atom stereocenters. The lowest BCUT2D eigenvalue weighted by molar-refractivity contribution is -0.115. The van der Waals surface area contributed by atoms with Crippen LogP contribution in [0.2, 0.25) is 0 Å². The fraction of sp³-hybridized carbons (Fsp3) is 0.867. The van der Waals surface area contributed by atoms with Crippen LogP contribution in [0.15, 0.2) is 22.8 Å². The molecule has 0 aromatic rings. The zero-order valence-corrected chi connectivity index (χ0v) is 22.2. The van der Waals surface area contributed by atoms with E-state index in [1.54, 1.807) is 11.1 Å². The molecule has 0 heterocycles. The molecule has 2 heteroatoms. The Balaban J connectivity index is 1.70. The van der Waals surface area contributed by atoms with Crippen LogP contribution in [-0.4, -0.2) is 22.4 Å². The minimum absolute atomic E-state index is 0.0247. The SMILES string of the molecule is CC(C)=CCCC(C)C1CCC2(C)C3=C(CC(O)C12C)C1(C)CCC(O)C(C)(C)C1CC3. The summed E-state index contributed by atoms with van der Waals surface area (Å²) in [6.07, 6.45) is 12.0. The Hall–Kier alpha value is -0.600. The van der Waals surface area contributed by atoms with E-state index >= 15 is 0 Å². The Morgan fingerprint density at radius 2 is 1.66 bits per heavy atom. The number of hydrogen-bond acceptors (Lipinski definition) is 2. The van der Waals surface area contributed by atoms with Crippen LogP contribution in [0.1, 0.15) is 113 Å². The Kier molecular flexibility index (Phi) is 6.11. The van der Waals surface area contributed by atoms with Gasteiger partial charge in [-0.25, -0.2) is 0 Å². The van der Waals surface area contributed by atoms with E-state index in [0.717, 1.165) is 25.7 Å². The molecule has 182 valence electrons. The van der Waals surface area contributed by atoms with E-state index in [2.05, 4.69) is 61.5 Å². The van der Waals surface area contributed by atoms with Crippen LogP contribution in [0.25, 0.3) is 0 Å². The van der Waals surface area contributed by atoms with Crippen LogP contribution in [0, 0.1) is 39.4 Å². The van der Waals surface area contributed by atoms with Crippen molar-refractivity contribution >= 4 is 0 Å². The van der Waals surface area contributed by atoms with E-state index in [4.69, 9.17) is 0 Å². The molecule has 4 aliphatic carbocycles. The molecule has 0 amide bonds. The molecule has 2 nitrogen and oxygen atoms in total. The molecule has 0 aromatic carbocycles. The monoisotopic (exact) mass is 442 g/mol. The summed E-state index contributed by atoms with van der Waals surface area (Å²) in [5.41, 5.74) is 4.91. The lowest BCUT2D eigenvalue weighted by Gasteiger charge is -2.63. The average Bonchev–Trinajstić information content (AvgIpc) is 2.99. The molecule has 0 saturated heterocycles. The highest BCUT2D eigenvalue weighted by Gasteiger charge is 2.66. The molecular weight excluding hydrogens is 392 g/mol. The van der Waals surface area contributed by atoms with Crippen LogP contribution in [-0.2, 0) is 0 Å². The summed E-state index contributed by atoms with van der Waals surface area (Å²) in [4.78, 5) is 0. The van der Waals surface area contributed by atoms with Crippen LogP contribution in [0.3, 0.4) is 0 Å². The van der Waals surface area contributed by atoms with E-state index in [1.807, 2.05) is 0 Å². The van der Waals surface area contributed by atoms with Crippen molar-refractivity contribution in [1.82, 2.24) is 0 Å². The van der Waals surface area contributed by atoms with E-state index in [-0.39, 0.29) is 33.9 Å². The van der Waals surface area contributed by atoms with Crippen molar-refractivity contribution in [3.05, 3.63) is 22.8 Å². The van der Waals surface area contributed by atoms with Gasteiger partial charge in [0.05, 0.1) is 12.2 Å². The number of fused-ring (bicyclic) bond motifs is 4. The third kappa shape index (κ3) is 3.25. The van der Waals surface area contributed by atoms with Crippen molar-refractivity contribution in [2.24, 2.45) is 39.4 Å². The van der Waals surface area contributed by atoms with Gasteiger partial charge in [-0.2, -0.15) is 0 Å². The standard InChI is InChI=1S/C30H50O2/c1-19(2)10-9-11-20(3)21-14-17-29(7)22-12-13-24-27(4,5)25(31)15-16-28(24,6)23(22)18-26(32)30(21,29)8/h10,20-21,24-26,31-32H,9,11-18H2,1-8H3. The Bertz CT molecular complexity index is 802. The topological polar surface area (TPSA) is 40.5 Å². The average molecular weight is 443 g/mol. The first-order valence-electron chi connectivity index (χ1n) is 13.5. The number of rotatable bonds is 4. The number of allylic oxidation sites excluding steroid dienone is 3. The maximum Gasteiger partial charge on any atom is 0.0642 e. The van der Waals surface area contributed by atoms with Crippen molar-refractivity contribution in [1.29, 1.82) is 0 Å². The van der Waals surface area contributed by atoms with Gasteiger partial charge in [0.2, 0.25) is 0 Å². The van der Waals surface area contributed by atoms with Gasteiger partial charge in [-0.1, -0.05) is 64.3 Å². The quantitative estimate of drug-likeness (QED) is 0.444. The minimum atomic E-state index is -0.254. The van der Waals surface area contributed by atoms with Gasteiger partial charge in [0, 0.05) is 5.41 Å². The highest BCUT2D eigenvalue weighted by Crippen LogP contribution is 2.72. The molecule has 0 bridgehead atoms. The second-order valence-corrected chi connectivity index (χ2v) is 13.7. The summed E-state index contributed by atoms with van der Waals surface area (Å²) in [7, 11) is 0. The fourth-order valence-corrected chi connectivity index (χ4v) is 9.47. The number of hydrogen-bond donors (Lipinski definition) is 2. The molecule has 0 aromatic heterocycles. The highest BCUT2D eigenvalue weighted by atomic mass is 16.3. The summed E-state index contributed by atoms with van der Waals surface area (Å²) in [5, 5.41) is 22.7. The van der Waals surface area contributed by atoms with Crippen LogP contribution in [0.5, 0.6) is 0 Å². The lowest BCUT2D eigenvalue weighted by Crippen LogP contribution is -2.58. The molecular formula is C30H50O2. The summed E-state index contributed by atoms with van der Waals surface area (Å²) >= 11 is 0. The van der Waals surface area contributed by atoms with Crippen molar-refractivity contribution in [3.8, 4) is 0 Å². The second-order valence-electron chi connectivity index (χ2n) is 13.7. The fourth-order valence-electron chi connectivity index (χ4n) is 9.47. The predicted molar refractivity (Wildman–Crippen MR) is 134 cm³/mol. The van der Waals surface area contributed by atoms with Crippen molar-refractivity contribution in [2.45, 2.75) is 125 Å². The zero-order chi connectivity index (χ0) is 23.7. The van der Waals surface area contributed by atoms with Gasteiger partial charge in [0.25, 0.3) is 0 Å². The molecule has 32 heavy (non-hydrogen) atoms. The lowest BCUT2D eigenvalue weighted by atomic mass is 9.42. The molecule has 4 rings (SSSR count). The summed E-state index contributed by atoms with van der Waals surface area (Å²) in [6.45, 7) is 18.8. The number of aliphatic hydroxyl groups excluding tert-OH is 2. The third-order valence-electron chi connectivity index (χ3n) is 11.7.